The fraction of sp³-hybridized carbons (Fsp3) is 0.600. The molecule has 0 amide bonds. The first-order valence-electron chi connectivity index (χ1n) is 6.74. The zero-order valence-corrected chi connectivity index (χ0v) is 11.5. The summed E-state index contributed by atoms with van der Waals surface area (Å²) < 4.78 is 5.73. The fourth-order valence-corrected chi connectivity index (χ4v) is 2.58. The summed E-state index contributed by atoms with van der Waals surface area (Å²) in [6.45, 7) is 8.92. The van der Waals surface area contributed by atoms with Crippen LogP contribution in [-0.2, 0) is 17.7 Å². The Hall–Kier alpha value is -0.900. The summed E-state index contributed by atoms with van der Waals surface area (Å²) in [6.07, 6.45) is 1.07. The van der Waals surface area contributed by atoms with E-state index in [9.17, 15) is 0 Å². The molecule has 2 N–H and O–H groups in total. The van der Waals surface area contributed by atoms with Gasteiger partial charge in [0, 0.05) is 26.2 Å². The molecule has 100 valence electrons. The summed E-state index contributed by atoms with van der Waals surface area (Å²) in [6, 6.07) is 8.47. The Morgan fingerprint density at radius 2 is 2.00 bits per heavy atom. The van der Waals surface area contributed by atoms with Crippen molar-refractivity contribution < 1.29 is 4.74 Å². The van der Waals surface area contributed by atoms with Crippen LogP contribution in [0, 0.1) is 0 Å². The van der Waals surface area contributed by atoms with Crippen LogP contribution in [0.25, 0.3) is 0 Å². The number of benzene rings is 1. The third-order valence-electron chi connectivity index (χ3n) is 3.54. The van der Waals surface area contributed by atoms with E-state index in [-0.39, 0.29) is 5.60 Å². The van der Waals surface area contributed by atoms with Gasteiger partial charge in [0.05, 0.1) is 12.2 Å². The third-order valence-corrected chi connectivity index (χ3v) is 3.54. The molecule has 1 aromatic rings. The number of nitrogens with zero attached hydrogens (tertiary/aromatic N) is 1. The Kier molecular flexibility index (Phi) is 4.38. The molecular formula is C15H24N2O. The second-order valence-corrected chi connectivity index (χ2v) is 5.61. The SMILES string of the molecule is CC1(C)CN(CCc2ccccc2CN)CCO1. The van der Waals surface area contributed by atoms with Crippen LogP contribution in [0.4, 0.5) is 0 Å². The van der Waals surface area contributed by atoms with Crippen molar-refractivity contribution >= 4 is 0 Å². The minimum Gasteiger partial charge on any atom is -0.373 e. The minimum absolute atomic E-state index is 0.00830. The van der Waals surface area contributed by atoms with Gasteiger partial charge in [0.25, 0.3) is 0 Å². The highest BCUT2D eigenvalue weighted by Gasteiger charge is 2.26. The van der Waals surface area contributed by atoms with E-state index in [0.29, 0.717) is 6.54 Å². The number of nitrogens with two attached hydrogens (primary N) is 1. The second-order valence-electron chi connectivity index (χ2n) is 5.61. The maximum absolute atomic E-state index is 5.77. The molecule has 0 radical (unpaired) electrons. The summed E-state index contributed by atoms with van der Waals surface area (Å²) in [5.41, 5.74) is 8.41. The van der Waals surface area contributed by atoms with Crippen LogP contribution in [0.5, 0.6) is 0 Å². The van der Waals surface area contributed by atoms with Crippen LogP contribution in [0.2, 0.25) is 0 Å². The van der Waals surface area contributed by atoms with Gasteiger partial charge >= 0.3 is 0 Å². The average molecular weight is 248 g/mol. The van der Waals surface area contributed by atoms with Gasteiger partial charge in [-0.1, -0.05) is 24.3 Å². The van der Waals surface area contributed by atoms with Crippen LogP contribution in [0.15, 0.2) is 24.3 Å². The Bertz CT molecular complexity index is 390. The van der Waals surface area contributed by atoms with Crippen LogP contribution < -0.4 is 5.73 Å². The summed E-state index contributed by atoms with van der Waals surface area (Å²) in [5, 5.41) is 0. The van der Waals surface area contributed by atoms with Gasteiger partial charge in [0.15, 0.2) is 0 Å². The van der Waals surface area contributed by atoms with Crippen molar-refractivity contribution in [2.45, 2.75) is 32.4 Å². The molecule has 1 aliphatic rings. The quantitative estimate of drug-likeness (QED) is 0.883. The normalized spacial score (nSPS) is 19.9. The first kappa shape index (κ1) is 13.5. The monoisotopic (exact) mass is 248 g/mol. The molecule has 0 aliphatic carbocycles. The molecule has 1 heterocycles. The molecule has 1 fully saturated rings. The highest BCUT2D eigenvalue weighted by atomic mass is 16.5. The average Bonchev–Trinajstić information content (AvgIpc) is 2.35. The molecule has 2 rings (SSSR count). The van der Waals surface area contributed by atoms with Gasteiger partial charge in [-0.15, -0.1) is 0 Å². The van der Waals surface area contributed by atoms with E-state index in [1.165, 1.54) is 11.1 Å². The Morgan fingerprint density at radius 3 is 2.67 bits per heavy atom. The van der Waals surface area contributed by atoms with Crippen LogP contribution in [0.3, 0.4) is 0 Å². The molecule has 0 spiro atoms. The molecule has 1 aliphatic heterocycles. The van der Waals surface area contributed by atoms with Crippen molar-refractivity contribution in [1.29, 1.82) is 0 Å². The van der Waals surface area contributed by atoms with Gasteiger partial charge < -0.3 is 10.5 Å². The van der Waals surface area contributed by atoms with Crippen LogP contribution >= 0.6 is 0 Å². The molecule has 3 nitrogen and oxygen atoms in total. The smallest absolute Gasteiger partial charge is 0.0753 e. The number of hydrogen-bond donors (Lipinski definition) is 1. The zero-order valence-electron chi connectivity index (χ0n) is 11.5. The van der Waals surface area contributed by atoms with Crippen molar-refractivity contribution in [3.63, 3.8) is 0 Å². The summed E-state index contributed by atoms with van der Waals surface area (Å²) in [7, 11) is 0. The molecule has 0 unspecified atom stereocenters. The molecular weight excluding hydrogens is 224 g/mol. The maximum Gasteiger partial charge on any atom is 0.0753 e. The molecule has 1 aromatic carbocycles. The third kappa shape index (κ3) is 3.55. The van der Waals surface area contributed by atoms with Crippen molar-refractivity contribution in [2.24, 2.45) is 5.73 Å². The van der Waals surface area contributed by atoms with Crippen molar-refractivity contribution in [1.82, 2.24) is 4.90 Å². The van der Waals surface area contributed by atoms with Gasteiger partial charge in [0.1, 0.15) is 0 Å². The minimum atomic E-state index is -0.00830. The Balaban J connectivity index is 1.91. The van der Waals surface area contributed by atoms with E-state index in [4.69, 9.17) is 10.5 Å². The second kappa shape index (κ2) is 5.83. The lowest BCUT2D eigenvalue weighted by molar-refractivity contribution is -0.0855. The molecule has 0 saturated carbocycles. The number of ether oxygens (including phenoxy) is 1. The lowest BCUT2D eigenvalue weighted by Gasteiger charge is -2.38. The van der Waals surface area contributed by atoms with E-state index < -0.39 is 0 Å². The van der Waals surface area contributed by atoms with Gasteiger partial charge in [-0.3, -0.25) is 4.90 Å². The van der Waals surface area contributed by atoms with Crippen molar-refractivity contribution in [3.05, 3.63) is 35.4 Å². The topological polar surface area (TPSA) is 38.5 Å². The number of hydrogen-bond acceptors (Lipinski definition) is 3. The molecule has 3 heteroatoms. The number of rotatable bonds is 4. The fourth-order valence-electron chi connectivity index (χ4n) is 2.58. The van der Waals surface area contributed by atoms with Crippen molar-refractivity contribution in [3.8, 4) is 0 Å². The first-order valence-corrected chi connectivity index (χ1v) is 6.74. The first-order chi connectivity index (χ1) is 8.61. The number of morpholine rings is 1. The van der Waals surface area contributed by atoms with Gasteiger partial charge in [-0.25, -0.2) is 0 Å². The van der Waals surface area contributed by atoms with E-state index in [2.05, 4.69) is 43.0 Å². The summed E-state index contributed by atoms with van der Waals surface area (Å²) >= 11 is 0. The van der Waals surface area contributed by atoms with Crippen molar-refractivity contribution in [2.75, 3.05) is 26.2 Å². The molecule has 1 saturated heterocycles. The van der Waals surface area contributed by atoms with E-state index in [1.807, 2.05) is 0 Å². The largest absolute Gasteiger partial charge is 0.373 e. The highest BCUT2D eigenvalue weighted by molar-refractivity contribution is 5.27. The lowest BCUT2D eigenvalue weighted by atomic mass is 10.0. The van der Waals surface area contributed by atoms with Crippen LogP contribution in [-0.4, -0.2) is 36.7 Å². The highest BCUT2D eigenvalue weighted by Crippen LogP contribution is 2.17. The van der Waals surface area contributed by atoms with E-state index >= 15 is 0 Å². The summed E-state index contributed by atoms with van der Waals surface area (Å²) in [5.74, 6) is 0. The Morgan fingerprint density at radius 1 is 1.28 bits per heavy atom. The standard InChI is InChI=1S/C15H24N2O/c1-15(2)12-17(9-10-18-15)8-7-13-5-3-4-6-14(13)11-16/h3-6H,7-12,16H2,1-2H3. The Labute approximate surface area is 110 Å². The van der Waals surface area contributed by atoms with Gasteiger partial charge in [0.2, 0.25) is 0 Å². The molecule has 0 bridgehead atoms. The predicted molar refractivity (Wildman–Crippen MR) is 74.5 cm³/mol. The molecule has 0 aromatic heterocycles. The van der Waals surface area contributed by atoms with E-state index in [1.54, 1.807) is 0 Å². The molecule has 18 heavy (non-hydrogen) atoms. The predicted octanol–water partition coefficient (Wildman–Crippen LogP) is 1.80. The van der Waals surface area contributed by atoms with Gasteiger partial charge in [-0.05, 0) is 31.4 Å². The van der Waals surface area contributed by atoms with Gasteiger partial charge in [-0.2, -0.15) is 0 Å². The maximum atomic E-state index is 5.77. The molecule has 0 atom stereocenters. The lowest BCUT2D eigenvalue weighted by Crippen LogP contribution is -2.48. The zero-order chi connectivity index (χ0) is 13.0. The van der Waals surface area contributed by atoms with E-state index in [0.717, 1.165) is 32.7 Å². The summed E-state index contributed by atoms with van der Waals surface area (Å²) in [4.78, 5) is 2.48. The van der Waals surface area contributed by atoms with Crippen LogP contribution in [0.1, 0.15) is 25.0 Å².